The lowest BCUT2D eigenvalue weighted by atomic mass is 10.1. The zero-order chi connectivity index (χ0) is 15.1. The second kappa shape index (κ2) is 7.38. The Balaban J connectivity index is 1.85. The molecule has 0 saturated carbocycles. The first-order chi connectivity index (χ1) is 10.2. The summed E-state index contributed by atoms with van der Waals surface area (Å²) in [5.41, 5.74) is 6.89. The molecule has 112 valence electrons. The highest BCUT2D eigenvalue weighted by Crippen LogP contribution is 2.28. The fourth-order valence-corrected chi connectivity index (χ4v) is 2.02. The first-order valence-corrected chi connectivity index (χ1v) is 6.78. The van der Waals surface area contributed by atoms with Crippen LogP contribution in [0.15, 0.2) is 36.5 Å². The van der Waals surface area contributed by atoms with Gasteiger partial charge in [-0.1, -0.05) is 6.07 Å². The van der Waals surface area contributed by atoms with E-state index in [0.717, 1.165) is 24.3 Å². The standard InChI is InChI=1S/C16H20N2O3/c1-19-13-8-7-12(11-15(13)20-2)5-4-10-21-14-6-3-9-18-16(14)17/h3,6-9,11H,4-5,10H2,1-2H3,(H2,17,18). The molecule has 2 N–H and O–H groups in total. The number of methoxy groups -OCH3 is 2. The van der Waals surface area contributed by atoms with Crippen molar-refractivity contribution in [1.29, 1.82) is 0 Å². The molecule has 0 atom stereocenters. The number of ether oxygens (including phenoxy) is 3. The molecular weight excluding hydrogens is 268 g/mol. The Hall–Kier alpha value is -2.43. The Morgan fingerprint density at radius 1 is 1.05 bits per heavy atom. The Bertz CT molecular complexity index is 587. The van der Waals surface area contributed by atoms with Crippen LogP contribution in [0.1, 0.15) is 12.0 Å². The Labute approximate surface area is 124 Å². The van der Waals surface area contributed by atoms with Gasteiger partial charge in [-0.3, -0.25) is 0 Å². The van der Waals surface area contributed by atoms with Gasteiger partial charge in [-0.15, -0.1) is 0 Å². The number of nitrogens with zero attached hydrogens (tertiary/aromatic N) is 1. The van der Waals surface area contributed by atoms with Gasteiger partial charge in [-0.2, -0.15) is 0 Å². The summed E-state index contributed by atoms with van der Waals surface area (Å²) in [5.74, 6) is 2.53. The molecule has 5 nitrogen and oxygen atoms in total. The van der Waals surface area contributed by atoms with E-state index in [1.807, 2.05) is 24.3 Å². The van der Waals surface area contributed by atoms with Crippen LogP contribution in [-0.4, -0.2) is 25.8 Å². The Morgan fingerprint density at radius 3 is 2.57 bits per heavy atom. The summed E-state index contributed by atoms with van der Waals surface area (Å²) in [7, 11) is 3.26. The average molecular weight is 288 g/mol. The van der Waals surface area contributed by atoms with Crippen molar-refractivity contribution in [3.05, 3.63) is 42.1 Å². The van der Waals surface area contributed by atoms with Gasteiger partial charge in [0.05, 0.1) is 20.8 Å². The second-order valence-corrected chi connectivity index (χ2v) is 4.53. The van der Waals surface area contributed by atoms with E-state index in [1.165, 1.54) is 5.56 Å². The van der Waals surface area contributed by atoms with E-state index in [4.69, 9.17) is 19.9 Å². The molecular formula is C16H20N2O3. The molecule has 2 aromatic rings. The molecule has 1 aromatic heterocycles. The third-order valence-electron chi connectivity index (χ3n) is 3.12. The number of pyridine rings is 1. The molecule has 0 radical (unpaired) electrons. The third-order valence-corrected chi connectivity index (χ3v) is 3.12. The molecule has 0 amide bonds. The fourth-order valence-electron chi connectivity index (χ4n) is 2.02. The van der Waals surface area contributed by atoms with Crippen LogP contribution in [0.3, 0.4) is 0 Å². The largest absolute Gasteiger partial charge is 0.493 e. The maximum atomic E-state index is 5.72. The van der Waals surface area contributed by atoms with E-state index >= 15 is 0 Å². The number of nitrogens with two attached hydrogens (primary N) is 1. The number of aryl methyl sites for hydroxylation is 1. The van der Waals surface area contributed by atoms with Crippen molar-refractivity contribution in [3.8, 4) is 17.2 Å². The van der Waals surface area contributed by atoms with E-state index in [0.29, 0.717) is 18.2 Å². The highest BCUT2D eigenvalue weighted by molar-refractivity contribution is 5.44. The zero-order valence-electron chi connectivity index (χ0n) is 12.3. The van der Waals surface area contributed by atoms with Crippen molar-refractivity contribution in [2.45, 2.75) is 12.8 Å². The molecule has 1 aromatic carbocycles. The lowest BCUT2D eigenvalue weighted by molar-refractivity contribution is 0.311. The van der Waals surface area contributed by atoms with Gasteiger partial charge in [0, 0.05) is 6.20 Å². The summed E-state index contributed by atoms with van der Waals surface area (Å²) in [6, 6.07) is 9.55. The van der Waals surface area contributed by atoms with E-state index in [1.54, 1.807) is 26.5 Å². The summed E-state index contributed by atoms with van der Waals surface area (Å²) in [4.78, 5) is 3.98. The van der Waals surface area contributed by atoms with E-state index in [-0.39, 0.29) is 0 Å². The van der Waals surface area contributed by atoms with Crippen molar-refractivity contribution in [1.82, 2.24) is 4.98 Å². The third kappa shape index (κ3) is 4.02. The van der Waals surface area contributed by atoms with Crippen molar-refractivity contribution in [3.63, 3.8) is 0 Å². The molecule has 21 heavy (non-hydrogen) atoms. The van der Waals surface area contributed by atoms with Crippen LogP contribution in [0, 0.1) is 0 Å². The number of nitrogen functional groups attached to an aromatic ring is 1. The minimum atomic E-state index is 0.420. The smallest absolute Gasteiger partial charge is 0.166 e. The quantitative estimate of drug-likeness (QED) is 0.793. The van der Waals surface area contributed by atoms with Crippen molar-refractivity contribution >= 4 is 5.82 Å². The highest BCUT2D eigenvalue weighted by Gasteiger charge is 2.05. The molecule has 0 spiro atoms. The zero-order valence-corrected chi connectivity index (χ0v) is 12.3. The minimum Gasteiger partial charge on any atom is -0.493 e. The number of aromatic nitrogens is 1. The molecule has 0 saturated heterocycles. The number of hydrogen-bond acceptors (Lipinski definition) is 5. The SMILES string of the molecule is COc1ccc(CCCOc2cccnc2N)cc1OC. The minimum absolute atomic E-state index is 0.420. The van der Waals surface area contributed by atoms with Gasteiger partial charge in [0.15, 0.2) is 23.1 Å². The predicted octanol–water partition coefficient (Wildman–Crippen LogP) is 2.69. The summed E-state index contributed by atoms with van der Waals surface area (Å²) >= 11 is 0. The molecule has 0 aliphatic heterocycles. The fraction of sp³-hybridized carbons (Fsp3) is 0.312. The average Bonchev–Trinajstić information content (AvgIpc) is 2.52. The Kier molecular flexibility index (Phi) is 5.26. The maximum absolute atomic E-state index is 5.72. The van der Waals surface area contributed by atoms with Crippen molar-refractivity contribution in [2.24, 2.45) is 0 Å². The Morgan fingerprint density at radius 2 is 1.86 bits per heavy atom. The topological polar surface area (TPSA) is 66.6 Å². The number of benzene rings is 1. The van der Waals surface area contributed by atoms with Crippen LogP contribution in [-0.2, 0) is 6.42 Å². The van der Waals surface area contributed by atoms with Gasteiger partial charge in [0.25, 0.3) is 0 Å². The van der Waals surface area contributed by atoms with Gasteiger partial charge < -0.3 is 19.9 Å². The normalized spacial score (nSPS) is 10.2. The molecule has 1 heterocycles. The number of rotatable bonds is 7. The molecule has 5 heteroatoms. The molecule has 0 fully saturated rings. The van der Waals surface area contributed by atoms with Gasteiger partial charge in [0.1, 0.15) is 0 Å². The first-order valence-electron chi connectivity index (χ1n) is 6.78. The maximum Gasteiger partial charge on any atom is 0.166 e. The van der Waals surface area contributed by atoms with E-state index in [2.05, 4.69) is 4.98 Å². The van der Waals surface area contributed by atoms with Crippen LogP contribution in [0.4, 0.5) is 5.82 Å². The van der Waals surface area contributed by atoms with Crippen molar-refractivity contribution < 1.29 is 14.2 Å². The van der Waals surface area contributed by atoms with Gasteiger partial charge in [-0.25, -0.2) is 4.98 Å². The van der Waals surface area contributed by atoms with Gasteiger partial charge >= 0.3 is 0 Å². The number of hydrogen-bond donors (Lipinski definition) is 1. The highest BCUT2D eigenvalue weighted by atomic mass is 16.5. The molecule has 0 aliphatic carbocycles. The molecule has 0 unspecified atom stereocenters. The molecule has 0 bridgehead atoms. The molecule has 0 aliphatic rings. The van der Waals surface area contributed by atoms with Crippen LogP contribution < -0.4 is 19.9 Å². The monoisotopic (exact) mass is 288 g/mol. The summed E-state index contributed by atoms with van der Waals surface area (Å²) in [6.07, 6.45) is 3.41. The van der Waals surface area contributed by atoms with Crippen LogP contribution in [0.25, 0.3) is 0 Å². The van der Waals surface area contributed by atoms with Crippen LogP contribution in [0.2, 0.25) is 0 Å². The number of anilines is 1. The lowest BCUT2D eigenvalue weighted by Gasteiger charge is -2.10. The van der Waals surface area contributed by atoms with E-state index < -0.39 is 0 Å². The summed E-state index contributed by atoms with van der Waals surface area (Å²) in [6.45, 7) is 0.588. The lowest BCUT2D eigenvalue weighted by Crippen LogP contribution is -2.03. The summed E-state index contributed by atoms with van der Waals surface area (Å²) in [5, 5.41) is 0. The van der Waals surface area contributed by atoms with Crippen LogP contribution in [0.5, 0.6) is 17.2 Å². The summed E-state index contributed by atoms with van der Waals surface area (Å²) < 4.78 is 16.1. The predicted molar refractivity (Wildman–Crippen MR) is 82.0 cm³/mol. The first kappa shape index (κ1) is 15.0. The van der Waals surface area contributed by atoms with Crippen LogP contribution >= 0.6 is 0 Å². The van der Waals surface area contributed by atoms with Crippen molar-refractivity contribution in [2.75, 3.05) is 26.6 Å². The molecule has 2 rings (SSSR count). The van der Waals surface area contributed by atoms with Gasteiger partial charge in [-0.05, 0) is 42.7 Å². The van der Waals surface area contributed by atoms with Gasteiger partial charge in [0.2, 0.25) is 0 Å². The second-order valence-electron chi connectivity index (χ2n) is 4.53. The van der Waals surface area contributed by atoms with E-state index in [9.17, 15) is 0 Å².